The molecule has 0 aromatic carbocycles. The topological polar surface area (TPSA) is 80.0 Å². The summed E-state index contributed by atoms with van der Waals surface area (Å²) in [7, 11) is 0. The molecule has 0 fully saturated rings. The predicted octanol–water partition coefficient (Wildman–Crippen LogP) is 1.63. The van der Waals surface area contributed by atoms with Gasteiger partial charge in [-0.15, -0.1) is 11.3 Å². The normalized spacial score (nSPS) is 17.8. The Morgan fingerprint density at radius 2 is 2.44 bits per heavy atom. The van der Waals surface area contributed by atoms with Crippen LogP contribution in [0.2, 0.25) is 0 Å². The average Bonchev–Trinajstić information content (AvgIpc) is 2.94. The molecule has 0 amide bonds. The molecule has 0 bridgehead atoms. The van der Waals surface area contributed by atoms with Gasteiger partial charge in [0.25, 0.3) is 0 Å². The Hall–Kier alpha value is -2.15. The molecular formula is C11H10N4O2S. The maximum atomic E-state index is 11.1. The van der Waals surface area contributed by atoms with E-state index in [1.807, 2.05) is 17.5 Å². The van der Waals surface area contributed by atoms with Crippen LogP contribution in [0, 0.1) is 6.92 Å². The van der Waals surface area contributed by atoms with Gasteiger partial charge >= 0.3 is 5.97 Å². The number of fused-ring (bicyclic) bond motifs is 1. The first-order valence-electron chi connectivity index (χ1n) is 5.34. The van der Waals surface area contributed by atoms with Crippen molar-refractivity contribution in [3.63, 3.8) is 0 Å². The maximum absolute atomic E-state index is 11.1. The Morgan fingerprint density at radius 1 is 1.61 bits per heavy atom. The number of hydrogen-bond acceptors (Lipinski definition) is 5. The Morgan fingerprint density at radius 3 is 3.11 bits per heavy atom. The number of carboxylic acids is 1. The number of anilines is 1. The van der Waals surface area contributed by atoms with Crippen LogP contribution in [-0.4, -0.2) is 25.8 Å². The van der Waals surface area contributed by atoms with Crippen molar-refractivity contribution in [1.29, 1.82) is 0 Å². The highest BCUT2D eigenvalue weighted by molar-refractivity contribution is 7.10. The molecule has 18 heavy (non-hydrogen) atoms. The largest absolute Gasteiger partial charge is 0.477 e. The molecule has 3 heterocycles. The zero-order valence-corrected chi connectivity index (χ0v) is 10.3. The molecule has 2 aromatic heterocycles. The van der Waals surface area contributed by atoms with Crippen molar-refractivity contribution >= 4 is 23.3 Å². The summed E-state index contributed by atoms with van der Waals surface area (Å²) in [6, 6.07) is 3.67. The number of allylic oxidation sites excluding steroid dienone is 1. The summed E-state index contributed by atoms with van der Waals surface area (Å²) >= 11 is 1.56. The third-order valence-electron chi connectivity index (χ3n) is 2.64. The summed E-state index contributed by atoms with van der Waals surface area (Å²) in [4.78, 5) is 16.3. The third-order valence-corrected chi connectivity index (χ3v) is 3.58. The first-order chi connectivity index (χ1) is 8.65. The molecule has 7 heteroatoms. The summed E-state index contributed by atoms with van der Waals surface area (Å²) in [6.07, 6.45) is 1.65. The Labute approximate surface area is 107 Å². The average molecular weight is 262 g/mol. The second-order valence-corrected chi connectivity index (χ2v) is 4.88. The van der Waals surface area contributed by atoms with Crippen LogP contribution in [0.25, 0.3) is 0 Å². The van der Waals surface area contributed by atoms with E-state index in [-0.39, 0.29) is 11.7 Å². The molecule has 3 rings (SSSR count). The highest BCUT2D eigenvalue weighted by Crippen LogP contribution is 2.31. The Balaban J connectivity index is 2.12. The lowest BCUT2D eigenvalue weighted by atomic mass is 10.2. The monoisotopic (exact) mass is 262 g/mol. The van der Waals surface area contributed by atoms with Gasteiger partial charge in [-0.3, -0.25) is 0 Å². The quantitative estimate of drug-likeness (QED) is 0.859. The van der Waals surface area contributed by atoms with Gasteiger partial charge < -0.3 is 10.4 Å². The Bertz CT molecular complexity index is 630. The molecule has 92 valence electrons. The van der Waals surface area contributed by atoms with Gasteiger partial charge in [0.2, 0.25) is 5.95 Å². The lowest BCUT2D eigenvalue weighted by Crippen LogP contribution is -2.23. The van der Waals surface area contributed by atoms with E-state index >= 15 is 0 Å². The predicted molar refractivity (Wildman–Crippen MR) is 66.6 cm³/mol. The number of aromatic nitrogens is 3. The minimum Gasteiger partial charge on any atom is -0.477 e. The zero-order chi connectivity index (χ0) is 12.7. The van der Waals surface area contributed by atoms with Crippen LogP contribution in [0.5, 0.6) is 0 Å². The number of aryl methyl sites for hydroxylation is 1. The molecule has 2 N–H and O–H groups in total. The van der Waals surface area contributed by atoms with Crippen LogP contribution in [0.1, 0.15) is 16.7 Å². The maximum Gasteiger partial charge on any atom is 0.352 e. The fourth-order valence-corrected chi connectivity index (χ4v) is 2.67. The third kappa shape index (κ3) is 1.68. The van der Waals surface area contributed by atoms with Gasteiger partial charge in [0.1, 0.15) is 17.6 Å². The Kier molecular flexibility index (Phi) is 2.41. The number of carboxylic acid groups (broad SMARTS) is 1. The van der Waals surface area contributed by atoms with E-state index in [9.17, 15) is 4.79 Å². The number of nitrogens with one attached hydrogen (secondary N) is 1. The fourth-order valence-electron chi connectivity index (χ4n) is 1.89. The molecule has 1 aliphatic heterocycles. The molecule has 1 atom stereocenters. The van der Waals surface area contributed by atoms with Crippen LogP contribution in [0.4, 0.5) is 5.95 Å². The van der Waals surface area contributed by atoms with Gasteiger partial charge in [-0.1, -0.05) is 6.07 Å². The molecule has 1 unspecified atom stereocenters. The summed E-state index contributed by atoms with van der Waals surface area (Å²) in [5.74, 6) is 0.0772. The van der Waals surface area contributed by atoms with Crippen molar-refractivity contribution < 1.29 is 9.90 Å². The van der Waals surface area contributed by atoms with E-state index < -0.39 is 5.97 Å². The van der Waals surface area contributed by atoms with Crippen molar-refractivity contribution in [2.24, 2.45) is 0 Å². The van der Waals surface area contributed by atoms with Crippen LogP contribution in [0.15, 0.2) is 29.3 Å². The lowest BCUT2D eigenvalue weighted by Gasteiger charge is -2.21. The zero-order valence-electron chi connectivity index (χ0n) is 9.49. The standard InChI is InChI=1S/C11H10N4O2S/c1-6-12-11-13-7(10(16)17)5-8(15(11)14-6)9-3-2-4-18-9/h2-5,8H,1H3,(H,16,17)(H,12,13,14). The number of hydrogen-bond donors (Lipinski definition) is 2. The second-order valence-electron chi connectivity index (χ2n) is 3.90. The molecule has 0 radical (unpaired) electrons. The minimum atomic E-state index is -0.997. The van der Waals surface area contributed by atoms with E-state index in [0.717, 1.165) is 4.88 Å². The number of nitrogens with zero attached hydrogens (tertiary/aromatic N) is 3. The van der Waals surface area contributed by atoms with Crippen LogP contribution in [-0.2, 0) is 4.79 Å². The lowest BCUT2D eigenvalue weighted by molar-refractivity contribution is -0.132. The van der Waals surface area contributed by atoms with Gasteiger partial charge in [0.15, 0.2) is 0 Å². The molecule has 0 saturated heterocycles. The number of thiophene rings is 1. The smallest absolute Gasteiger partial charge is 0.352 e. The molecule has 6 nitrogen and oxygen atoms in total. The van der Waals surface area contributed by atoms with Gasteiger partial charge in [-0.25, -0.2) is 9.48 Å². The highest BCUT2D eigenvalue weighted by Gasteiger charge is 2.26. The summed E-state index contributed by atoms with van der Waals surface area (Å²) in [5.41, 5.74) is 0.133. The number of aliphatic carboxylic acids is 1. The second kappa shape index (κ2) is 3.95. The van der Waals surface area contributed by atoms with E-state index in [4.69, 9.17) is 5.11 Å². The SMILES string of the molecule is Cc1nc2n(n1)C(c1cccs1)C=C(C(=O)O)N2. The molecule has 2 aromatic rings. The number of carbonyl (C=O) groups is 1. The van der Waals surface area contributed by atoms with Crippen molar-refractivity contribution in [2.75, 3.05) is 5.32 Å². The molecule has 0 saturated carbocycles. The first kappa shape index (κ1) is 11.0. The molecular weight excluding hydrogens is 252 g/mol. The van der Waals surface area contributed by atoms with E-state index in [0.29, 0.717) is 11.8 Å². The molecule has 1 aliphatic rings. The summed E-state index contributed by atoms with van der Waals surface area (Å²) in [5, 5.41) is 18.1. The first-order valence-corrected chi connectivity index (χ1v) is 6.22. The van der Waals surface area contributed by atoms with Gasteiger partial charge in [0.05, 0.1) is 0 Å². The van der Waals surface area contributed by atoms with Crippen molar-refractivity contribution in [3.05, 3.63) is 40.0 Å². The van der Waals surface area contributed by atoms with Gasteiger partial charge in [-0.2, -0.15) is 10.1 Å². The minimum absolute atomic E-state index is 0.133. The van der Waals surface area contributed by atoms with Gasteiger partial charge in [0, 0.05) is 4.88 Å². The fraction of sp³-hybridized carbons (Fsp3) is 0.182. The molecule has 0 spiro atoms. The van der Waals surface area contributed by atoms with E-state index in [1.165, 1.54) is 0 Å². The van der Waals surface area contributed by atoms with Gasteiger partial charge in [-0.05, 0) is 24.4 Å². The van der Waals surface area contributed by atoms with Crippen molar-refractivity contribution in [2.45, 2.75) is 13.0 Å². The van der Waals surface area contributed by atoms with Crippen molar-refractivity contribution in [1.82, 2.24) is 14.8 Å². The van der Waals surface area contributed by atoms with E-state index in [1.54, 1.807) is 29.0 Å². The highest BCUT2D eigenvalue weighted by atomic mass is 32.1. The summed E-state index contributed by atoms with van der Waals surface area (Å²) < 4.78 is 1.70. The van der Waals surface area contributed by atoms with Crippen molar-refractivity contribution in [3.8, 4) is 0 Å². The number of rotatable bonds is 2. The summed E-state index contributed by atoms with van der Waals surface area (Å²) in [6.45, 7) is 1.78. The van der Waals surface area contributed by atoms with Crippen LogP contribution < -0.4 is 5.32 Å². The van der Waals surface area contributed by atoms with E-state index in [2.05, 4.69) is 15.4 Å². The van der Waals surface area contributed by atoms with Crippen LogP contribution >= 0.6 is 11.3 Å². The molecule has 0 aliphatic carbocycles. The van der Waals surface area contributed by atoms with Crippen LogP contribution in [0.3, 0.4) is 0 Å².